The molecule has 1 saturated heterocycles. The van der Waals surface area contributed by atoms with Crippen LogP contribution in [0.1, 0.15) is 26.7 Å². The molecular weight excluding hydrogens is 384 g/mol. The van der Waals surface area contributed by atoms with E-state index >= 15 is 0 Å². The third-order valence-corrected chi connectivity index (χ3v) is 7.94. The maximum absolute atomic E-state index is 13.0. The predicted octanol–water partition coefficient (Wildman–Crippen LogP) is 1.50. The molecule has 10 heteroatoms. The highest BCUT2D eigenvalue weighted by Gasteiger charge is 2.46. The molecule has 0 aliphatic carbocycles. The van der Waals surface area contributed by atoms with Crippen molar-refractivity contribution in [2.75, 3.05) is 18.5 Å². The molecule has 0 spiro atoms. The molecule has 2 heterocycles. The van der Waals surface area contributed by atoms with Gasteiger partial charge in [-0.1, -0.05) is 0 Å². The summed E-state index contributed by atoms with van der Waals surface area (Å²) >= 11 is 0. The van der Waals surface area contributed by atoms with Gasteiger partial charge in [0.1, 0.15) is 10.5 Å². The van der Waals surface area contributed by atoms with Crippen LogP contribution in [0.3, 0.4) is 0 Å². The van der Waals surface area contributed by atoms with Crippen LogP contribution in [-0.4, -0.2) is 57.4 Å². The number of nitrogens with zero attached hydrogens (tertiary/aromatic N) is 3. The molecular formula is C18H24N4O5S. The largest absolute Gasteiger partial charge is 0.508 e. The van der Waals surface area contributed by atoms with Crippen molar-refractivity contribution in [3.05, 3.63) is 24.3 Å². The smallest absolute Gasteiger partial charge is 0.247 e. The fourth-order valence-corrected chi connectivity index (χ4v) is 4.97. The van der Waals surface area contributed by atoms with Gasteiger partial charge in [0.2, 0.25) is 11.9 Å². The number of hydrogen-bond donors (Lipinski definition) is 2. The Bertz CT molecular complexity index is 960. The van der Waals surface area contributed by atoms with Gasteiger partial charge in [-0.05, 0) is 51.0 Å². The lowest BCUT2D eigenvalue weighted by molar-refractivity contribution is -0.118. The number of amides is 1. The molecule has 1 fully saturated rings. The fraction of sp³-hybridized carbons (Fsp3) is 0.500. The zero-order valence-corrected chi connectivity index (χ0v) is 16.9. The number of ether oxygens (including phenoxy) is 1. The molecule has 0 unspecified atom stereocenters. The first kappa shape index (κ1) is 20.3. The Morgan fingerprint density at radius 2 is 1.86 bits per heavy atom. The van der Waals surface area contributed by atoms with Crippen molar-refractivity contribution in [3.63, 3.8) is 0 Å². The van der Waals surface area contributed by atoms with E-state index in [0.29, 0.717) is 37.4 Å². The highest BCUT2D eigenvalue weighted by atomic mass is 32.2. The van der Waals surface area contributed by atoms with Crippen LogP contribution in [0.4, 0.5) is 5.95 Å². The summed E-state index contributed by atoms with van der Waals surface area (Å²) < 4.78 is 31.0. The van der Waals surface area contributed by atoms with Gasteiger partial charge in [0.25, 0.3) is 0 Å². The lowest BCUT2D eigenvalue weighted by Gasteiger charge is -2.30. The molecule has 1 aromatic carbocycles. The Kier molecular flexibility index (Phi) is 5.44. The molecule has 3 rings (SSSR count). The number of aryl methyl sites for hydroxylation is 1. The van der Waals surface area contributed by atoms with E-state index < -0.39 is 25.7 Å². The van der Waals surface area contributed by atoms with Crippen molar-refractivity contribution < 1.29 is 23.1 Å². The highest BCUT2D eigenvalue weighted by Crippen LogP contribution is 2.29. The van der Waals surface area contributed by atoms with Crippen LogP contribution in [-0.2, 0) is 26.4 Å². The van der Waals surface area contributed by atoms with Gasteiger partial charge in [-0.3, -0.25) is 10.1 Å². The molecule has 0 bridgehead atoms. The van der Waals surface area contributed by atoms with Gasteiger partial charge in [0.15, 0.2) is 15.7 Å². The Balaban J connectivity index is 1.81. The zero-order chi connectivity index (χ0) is 20.5. The van der Waals surface area contributed by atoms with Crippen LogP contribution < -0.4 is 5.32 Å². The summed E-state index contributed by atoms with van der Waals surface area (Å²) in [5.74, 6) is -0.0498. The molecule has 152 valence electrons. The van der Waals surface area contributed by atoms with E-state index in [4.69, 9.17) is 4.74 Å². The van der Waals surface area contributed by atoms with Gasteiger partial charge in [0, 0.05) is 25.8 Å². The van der Waals surface area contributed by atoms with E-state index in [2.05, 4.69) is 15.4 Å². The fourth-order valence-electron chi connectivity index (χ4n) is 3.01. The first-order chi connectivity index (χ1) is 13.1. The van der Waals surface area contributed by atoms with Crippen LogP contribution in [0.5, 0.6) is 5.75 Å². The maximum Gasteiger partial charge on any atom is 0.247 e. The Morgan fingerprint density at radius 1 is 1.25 bits per heavy atom. The molecule has 0 radical (unpaired) electrons. The number of nitrogens with one attached hydrogen (secondary N) is 1. The van der Waals surface area contributed by atoms with E-state index in [1.54, 1.807) is 19.2 Å². The molecule has 1 aliphatic heterocycles. The van der Waals surface area contributed by atoms with Gasteiger partial charge in [0.05, 0.1) is 5.25 Å². The summed E-state index contributed by atoms with van der Waals surface area (Å²) in [6, 6.07) is 6.31. The van der Waals surface area contributed by atoms with Crippen molar-refractivity contribution in [2.24, 2.45) is 7.05 Å². The number of hydrogen-bond acceptors (Lipinski definition) is 7. The number of phenols is 1. The number of sulfone groups is 1. The summed E-state index contributed by atoms with van der Waals surface area (Å²) in [5, 5.41) is 15.6. The third-order valence-electron chi connectivity index (χ3n) is 4.98. The van der Waals surface area contributed by atoms with E-state index in [1.165, 1.54) is 30.7 Å². The third kappa shape index (κ3) is 3.74. The summed E-state index contributed by atoms with van der Waals surface area (Å²) in [7, 11) is -2.12. The quantitative estimate of drug-likeness (QED) is 0.768. The summed E-state index contributed by atoms with van der Waals surface area (Å²) in [6.45, 7) is 3.57. The Labute approximate surface area is 163 Å². The number of rotatable bonds is 5. The number of carbonyl (C=O) groups is 1. The van der Waals surface area contributed by atoms with E-state index in [0.717, 1.165) is 0 Å². The van der Waals surface area contributed by atoms with Crippen molar-refractivity contribution in [3.8, 4) is 17.1 Å². The SMILES string of the molecule is Cn1nc(-c2ccc(O)cc2)nc1NC(=O)C(C)(C)S(=O)(=O)C1CCOCC1. The van der Waals surface area contributed by atoms with Crippen LogP contribution >= 0.6 is 0 Å². The van der Waals surface area contributed by atoms with Crippen LogP contribution in [0.15, 0.2) is 24.3 Å². The van der Waals surface area contributed by atoms with Gasteiger partial charge in [-0.25, -0.2) is 13.1 Å². The molecule has 2 N–H and O–H groups in total. The molecule has 1 aromatic heterocycles. The number of aromatic nitrogens is 3. The van der Waals surface area contributed by atoms with E-state index in [-0.39, 0.29) is 11.7 Å². The maximum atomic E-state index is 13.0. The first-order valence-electron chi connectivity index (χ1n) is 8.96. The average molecular weight is 408 g/mol. The molecule has 0 atom stereocenters. The zero-order valence-electron chi connectivity index (χ0n) is 16.0. The minimum Gasteiger partial charge on any atom is -0.508 e. The second-order valence-corrected chi connectivity index (χ2v) is 10.0. The van der Waals surface area contributed by atoms with Crippen molar-refractivity contribution in [1.29, 1.82) is 0 Å². The first-order valence-corrected chi connectivity index (χ1v) is 10.5. The standard InChI is InChI=1S/C18H24N4O5S/c1-18(2,28(25,26)14-8-10-27-11-9-14)16(24)20-17-19-15(21-22(17)3)12-4-6-13(23)7-5-12/h4-7,14,23H,8-11H2,1-3H3,(H,19,20,21,24). The minimum atomic E-state index is -3.72. The second kappa shape index (κ2) is 7.51. The van der Waals surface area contributed by atoms with Gasteiger partial charge in [-0.15, -0.1) is 5.10 Å². The molecule has 28 heavy (non-hydrogen) atoms. The number of carbonyl (C=O) groups excluding carboxylic acids is 1. The summed E-state index contributed by atoms with van der Waals surface area (Å²) in [6.07, 6.45) is 0.766. The van der Waals surface area contributed by atoms with E-state index in [1.807, 2.05) is 0 Å². The van der Waals surface area contributed by atoms with Gasteiger partial charge >= 0.3 is 0 Å². The molecule has 0 saturated carbocycles. The normalized spacial score (nSPS) is 16.1. The number of phenolic OH excluding ortho intramolecular Hbond substituents is 1. The molecule has 9 nitrogen and oxygen atoms in total. The number of aromatic hydroxyl groups is 1. The van der Waals surface area contributed by atoms with Crippen LogP contribution in [0, 0.1) is 0 Å². The molecule has 2 aromatic rings. The van der Waals surface area contributed by atoms with Crippen molar-refractivity contribution in [2.45, 2.75) is 36.7 Å². The van der Waals surface area contributed by atoms with Gasteiger partial charge in [-0.2, -0.15) is 4.98 Å². The molecule has 1 amide bonds. The van der Waals surface area contributed by atoms with Crippen LogP contribution in [0.2, 0.25) is 0 Å². The lowest BCUT2D eigenvalue weighted by Crippen LogP contribution is -2.50. The number of anilines is 1. The van der Waals surface area contributed by atoms with E-state index in [9.17, 15) is 18.3 Å². The van der Waals surface area contributed by atoms with Crippen molar-refractivity contribution >= 4 is 21.7 Å². The highest BCUT2D eigenvalue weighted by molar-refractivity contribution is 7.94. The monoisotopic (exact) mass is 408 g/mol. The minimum absolute atomic E-state index is 0.119. The Hall–Kier alpha value is -2.46. The summed E-state index contributed by atoms with van der Waals surface area (Å²) in [5.41, 5.74) is 0.656. The lowest BCUT2D eigenvalue weighted by atomic mass is 10.2. The predicted molar refractivity (Wildman–Crippen MR) is 104 cm³/mol. The van der Waals surface area contributed by atoms with Crippen molar-refractivity contribution in [1.82, 2.24) is 14.8 Å². The summed E-state index contributed by atoms with van der Waals surface area (Å²) in [4.78, 5) is 17.1. The topological polar surface area (TPSA) is 123 Å². The molecule has 1 aliphatic rings. The Morgan fingerprint density at radius 3 is 2.46 bits per heavy atom. The number of benzene rings is 1. The average Bonchev–Trinajstić information content (AvgIpc) is 3.03. The van der Waals surface area contributed by atoms with Crippen LogP contribution in [0.25, 0.3) is 11.4 Å². The second-order valence-electron chi connectivity index (χ2n) is 7.25. The van der Waals surface area contributed by atoms with Gasteiger partial charge < -0.3 is 9.84 Å².